The van der Waals surface area contributed by atoms with Gasteiger partial charge < -0.3 is 9.15 Å². The Morgan fingerprint density at radius 2 is 2.19 bits per heavy atom. The lowest BCUT2D eigenvalue weighted by atomic mass is 10.2. The molecule has 0 aliphatic rings. The van der Waals surface area contributed by atoms with Gasteiger partial charge in [0.15, 0.2) is 12.4 Å². The van der Waals surface area contributed by atoms with Crippen molar-refractivity contribution in [3.8, 4) is 5.75 Å². The SMILES string of the molecule is O=C(COc1c(Br)cc(Br)c2ncccc12)N/N=C\c1ccc([N+](=O)[O-])o1. The van der Waals surface area contributed by atoms with Gasteiger partial charge in [0, 0.05) is 16.1 Å². The molecule has 0 radical (unpaired) electrons. The van der Waals surface area contributed by atoms with Gasteiger partial charge in [0.05, 0.1) is 22.3 Å². The number of halogens is 2. The number of fused-ring (bicyclic) bond motifs is 1. The van der Waals surface area contributed by atoms with Crippen molar-refractivity contribution in [3.05, 3.63) is 61.3 Å². The van der Waals surface area contributed by atoms with Crippen LogP contribution in [0.2, 0.25) is 0 Å². The van der Waals surface area contributed by atoms with Gasteiger partial charge in [-0.05, 0) is 56.1 Å². The molecule has 1 amide bonds. The standard InChI is InChI=1S/C16H10Br2N4O5/c17-11-6-12(18)16(10-2-1-5-19-15(10)11)26-8-13(23)21-20-7-9-3-4-14(27-9)22(24)25/h1-7H,8H2,(H,21,23)/b20-7-. The van der Waals surface area contributed by atoms with E-state index >= 15 is 0 Å². The van der Waals surface area contributed by atoms with E-state index in [4.69, 9.17) is 9.15 Å². The predicted molar refractivity (Wildman–Crippen MR) is 104 cm³/mol. The van der Waals surface area contributed by atoms with E-state index in [0.717, 1.165) is 16.1 Å². The summed E-state index contributed by atoms with van der Waals surface area (Å²) < 4.78 is 11.9. The van der Waals surface area contributed by atoms with E-state index in [-0.39, 0.29) is 12.4 Å². The molecule has 2 aromatic heterocycles. The number of carbonyl (C=O) groups is 1. The topological polar surface area (TPSA) is 120 Å². The van der Waals surface area contributed by atoms with E-state index in [1.165, 1.54) is 12.1 Å². The fraction of sp³-hybridized carbons (Fsp3) is 0.0625. The molecule has 3 rings (SSSR count). The van der Waals surface area contributed by atoms with E-state index < -0.39 is 16.7 Å². The summed E-state index contributed by atoms with van der Waals surface area (Å²) in [5.41, 5.74) is 2.96. The fourth-order valence-corrected chi connectivity index (χ4v) is 3.56. The quantitative estimate of drug-likeness (QED) is 0.314. The smallest absolute Gasteiger partial charge is 0.433 e. The molecule has 0 saturated heterocycles. The summed E-state index contributed by atoms with van der Waals surface area (Å²) in [5.74, 6) is -0.316. The predicted octanol–water partition coefficient (Wildman–Crippen LogP) is 3.79. The van der Waals surface area contributed by atoms with Gasteiger partial charge in [-0.1, -0.05) is 0 Å². The van der Waals surface area contributed by atoms with E-state index in [1.54, 1.807) is 18.3 Å². The maximum Gasteiger partial charge on any atom is 0.433 e. The number of nitro groups is 1. The first-order chi connectivity index (χ1) is 13.0. The Labute approximate surface area is 168 Å². The third kappa shape index (κ3) is 4.49. The Kier molecular flexibility index (Phi) is 5.81. The number of hydrazone groups is 1. The van der Waals surface area contributed by atoms with Crippen LogP contribution >= 0.6 is 31.9 Å². The maximum absolute atomic E-state index is 11.9. The van der Waals surface area contributed by atoms with Gasteiger partial charge >= 0.3 is 5.88 Å². The van der Waals surface area contributed by atoms with Gasteiger partial charge in [-0.2, -0.15) is 5.10 Å². The number of amides is 1. The Hall–Kier alpha value is -2.79. The van der Waals surface area contributed by atoms with E-state index in [1.807, 2.05) is 6.07 Å². The summed E-state index contributed by atoms with van der Waals surface area (Å²) in [4.78, 5) is 26.0. The summed E-state index contributed by atoms with van der Waals surface area (Å²) in [5, 5.41) is 14.9. The molecule has 0 bridgehead atoms. The zero-order chi connectivity index (χ0) is 19.4. The lowest BCUT2D eigenvalue weighted by Crippen LogP contribution is -2.24. The molecule has 0 atom stereocenters. The Balaban J connectivity index is 1.63. The van der Waals surface area contributed by atoms with E-state index in [0.29, 0.717) is 15.7 Å². The number of ether oxygens (including phenoxy) is 1. The normalized spacial score (nSPS) is 11.0. The first-order valence-corrected chi connectivity index (χ1v) is 8.96. The summed E-state index contributed by atoms with van der Waals surface area (Å²) in [6, 6.07) is 7.93. The van der Waals surface area contributed by atoms with Crippen LogP contribution in [0.25, 0.3) is 10.9 Å². The van der Waals surface area contributed by atoms with Gasteiger partial charge in [0.25, 0.3) is 5.91 Å². The minimum atomic E-state index is -0.668. The molecule has 0 unspecified atom stereocenters. The molecule has 0 aliphatic carbocycles. The summed E-state index contributed by atoms with van der Waals surface area (Å²) >= 11 is 6.84. The fourth-order valence-electron chi connectivity index (χ4n) is 2.15. The summed E-state index contributed by atoms with van der Waals surface area (Å²) in [7, 11) is 0. The third-order valence-electron chi connectivity index (χ3n) is 3.27. The number of pyridine rings is 1. The van der Waals surface area contributed by atoms with Crippen LogP contribution < -0.4 is 10.2 Å². The van der Waals surface area contributed by atoms with Crippen LogP contribution in [0.3, 0.4) is 0 Å². The van der Waals surface area contributed by atoms with Crippen LogP contribution in [0.1, 0.15) is 5.76 Å². The van der Waals surface area contributed by atoms with Crippen molar-refractivity contribution in [2.24, 2.45) is 5.10 Å². The minimum Gasteiger partial charge on any atom is -0.482 e. The Bertz CT molecular complexity index is 1050. The Morgan fingerprint density at radius 3 is 2.93 bits per heavy atom. The highest BCUT2D eigenvalue weighted by molar-refractivity contribution is 9.11. The number of hydrogen-bond acceptors (Lipinski definition) is 7. The second-order valence-corrected chi connectivity index (χ2v) is 6.79. The van der Waals surface area contributed by atoms with Crippen LogP contribution in [-0.4, -0.2) is 28.6 Å². The van der Waals surface area contributed by atoms with Crippen LogP contribution in [0, 0.1) is 10.1 Å². The molecule has 138 valence electrons. The molecule has 2 heterocycles. The molecule has 1 N–H and O–H groups in total. The van der Waals surface area contributed by atoms with Crippen molar-refractivity contribution in [2.45, 2.75) is 0 Å². The molecule has 11 heteroatoms. The van der Waals surface area contributed by atoms with Crippen molar-refractivity contribution < 1.29 is 18.9 Å². The molecule has 0 fully saturated rings. The molecule has 3 aromatic rings. The number of nitrogens with zero attached hydrogens (tertiary/aromatic N) is 3. The van der Waals surface area contributed by atoms with Crippen molar-refractivity contribution in [3.63, 3.8) is 0 Å². The average Bonchev–Trinajstić information content (AvgIpc) is 3.11. The van der Waals surface area contributed by atoms with E-state index in [9.17, 15) is 14.9 Å². The summed E-state index contributed by atoms with van der Waals surface area (Å²) in [6.07, 6.45) is 2.81. The molecule has 27 heavy (non-hydrogen) atoms. The number of benzene rings is 1. The highest BCUT2D eigenvalue weighted by atomic mass is 79.9. The van der Waals surface area contributed by atoms with Crippen LogP contribution in [0.4, 0.5) is 5.88 Å². The number of aromatic nitrogens is 1. The van der Waals surface area contributed by atoms with Crippen molar-refractivity contribution in [1.29, 1.82) is 0 Å². The highest BCUT2D eigenvalue weighted by Crippen LogP contribution is 2.37. The third-order valence-corrected chi connectivity index (χ3v) is 4.46. The van der Waals surface area contributed by atoms with Crippen LogP contribution in [-0.2, 0) is 4.79 Å². The number of hydrogen-bond donors (Lipinski definition) is 1. The van der Waals surface area contributed by atoms with Gasteiger partial charge in [-0.3, -0.25) is 19.9 Å². The van der Waals surface area contributed by atoms with Gasteiger partial charge in [0.2, 0.25) is 0 Å². The second-order valence-electron chi connectivity index (χ2n) is 5.08. The zero-order valence-corrected chi connectivity index (χ0v) is 16.6. The number of nitrogens with one attached hydrogen (secondary N) is 1. The molecule has 0 aliphatic heterocycles. The molecule has 0 spiro atoms. The second kappa shape index (κ2) is 8.27. The first-order valence-electron chi connectivity index (χ1n) is 7.37. The molecular weight excluding hydrogens is 488 g/mol. The largest absolute Gasteiger partial charge is 0.482 e. The zero-order valence-electron chi connectivity index (χ0n) is 13.4. The summed E-state index contributed by atoms with van der Waals surface area (Å²) in [6.45, 7) is -0.292. The first kappa shape index (κ1) is 19.0. The molecule has 1 aromatic carbocycles. The van der Waals surface area contributed by atoms with Crippen molar-refractivity contribution in [1.82, 2.24) is 10.4 Å². The van der Waals surface area contributed by atoms with Gasteiger partial charge in [0.1, 0.15) is 10.7 Å². The highest BCUT2D eigenvalue weighted by Gasteiger charge is 2.13. The number of carbonyl (C=O) groups excluding carboxylic acids is 1. The number of rotatable bonds is 6. The Morgan fingerprint density at radius 1 is 1.37 bits per heavy atom. The van der Waals surface area contributed by atoms with Crippen LogP contribution in [0.15, 0.2) is 55.0 Å². The van der Waals surface area contributed by atoms with Crippen LogP contribution in [0.5, 0.6) is 5.75 Å². The molecule has 9 nitrogen and oxygen atoms in total. The van der Waals surface area contributed by atoms with Crippen molar-refractivity contribution >= 4 is 60.8 Å². The van der Waals surface area contributed by atoms with Crippen molar-refractivity contribution in [2.75, 3.05) is 6.61 Å². The van der Waals surface area contributed by atoms with Gasteiger partial charge in [-0.15, -0.1) is 0 Å². The minimum absolute atomic E-state index is 0.135. The lowest BCUT2D eigenvalue weighted by Gasteiger charge is -2.11. The molecular formula is C16H10Br2N4O5. The monoisotopic (exact) mass is 496 g/mol. The maximum atomic E-state index is 11.9. The number of furan rings is 1. The van der Waals surface area contributed by atoms with E-state index in [2.05, 4.69) is 47.4 Å². The van der Waals surface area contributed by atoms with Gasteiger partial charge in [-0.25, -0.2) is 5.43 Å². The lowest BCUT2D eigenvalue weighted by molar-refractivity contribution is -0.402. The molecule has 0 saturated carbocycles. The average molecular weight is 498 g/mol.